The Hall–Kier alpha value is -2.34. The minimum absolute atomic E-state index is 0.198. The van der Waals surface area contributed by atoms with Gasteiger partial charge in [-0.2, -0.15) is 0 Å². The average Bonchev–Trinajstić information content (AvgIpc) is 3.09. The van der Waals surface area contributed by atoms with Gasteiger partial charge in [-0.15, -0.1) is 0 Å². The third-order valence-electron chi connectivity index (χ3n) is 5.01. The Kier molecular flexibility index (Phi) is 5.16. The van der Waals surface area contributed by atoms with Gasteiger partial charge in [-0.3, -0.25) is 4.79 Å². The summed E-state index contributed by atoms with van der Waals surface area (Å²) in [5.41, 5.74) is 4.09. The summed E-state index contributed by atoms with van der Waals surface area (Å²) in [4.78, 5) is 27.2. The van der Waals surface area contributed by atoms with Crippen molar-refractivity contribution in [1.82, 2.24) is 19.9 Å². The topological polar surface area (TPSA) is 61.9 Å². The molecule has 1 saturated heterocycles. The fourth-order valence-corrected chi connectivity index (χ4v) is 4.47. The molecular formula is C21H24N4OS. The van der Waals surface area contributed by atoms with Crippen LogP contribution in [0, 0.1) is 12.8 Å². The van der Waals surface area contributed by atoms with Crippen molar-refractivity contribution >= 4 is 28.7 Å². The lowest BCUT2D eigenvalue weighted by molar-refractivity contribution is -0.130. The van der Waals surface area contributed by atoms with Crippen LogP contribution in [0.3, 0.4) is 0 Å². The number of aromatic amines is 1. The third-order valence-corrected chi connectivity index (χ3v) is 6.00. The first-order valence-corrected chi connectivity index (χ1v) is 10.4. The number of H-pyrrole nitrogens is 1. The van der Waals surface area contributed by atoms with Crippen LogP contribution in [-0.4, -0.2) is 44.6 Å². The number of carbonyl (C=O) groups excluding carboxylic acids is 1. The molecule has 6 heteroatoms. The van der Waals surface area contributed by atoms with Crippen molar-refractivity contribution in [2.45, 2.75) is 31.7 Å². The largest absolute Gasteiger partial charge is 0.342 e. The van der Waals surface area contributed by atoms with Crippen LogP contribution in [0.4, 0.5) is 0 Å². The molecule has 0 saturated carbocycles. The maximum Gasteiger partial charge on any atom is 0.232 e. The summed E-state index contributed by atoms with van der Waals surface area (Å²) in [7, 11) is 0. The Morgan fingerprint density at radius 2 is 2.26 bits per heavy atom. The van der Waals surface area contributed by atoms with Crippen molar-refractivity contribution in [3.8, 4) is 11.4 Å². The summed E-state index contributed by atoms with van der Waals surface area (Å²) in [6.45, 7) is 6.03. The van der Waals surface area contributed by atoms with Gasteiger partial charge in [0.25, 0.3) is 0 Å². The second-order valence-corrected chi connectivity index (χ2v) is 8.30. The molecule has 2 aromatic heterocycles. The Balaban J connectivity index is 1.53. The zero-order chi connectivity index (χ0) is 18.8. The molecule has 1 N–H and O–H groups in total. The third kappa shape index (κ3) is 4.00. The van der Waals surface area contributed by atoms with Gasteiger partial charge in [-0.1, -0.05) is 24.8 Å². The molecule has 140 valence electrons. The van der Waals surface area contributed by atoms with Crippen LogP contribution in [0.1, 0.15) is 25.3 Å². The van der Waals surface area contributed by atoms with Crippen molar-refractivity contribution in [1.29, 1.82) is 0 Å². The van der Waals surface area contributed by atoms with E-state index in [0.29, 0.717) is 11.7 Å². The number of aromatic nitrogens is 3. The van der Waals surface area contributed by atoms with Gasteiger partial charge >= 0.3 is 0 Å². The zero-order valence-electron chi connectivity index (χ0n) is 15.7. The first kappa shape index (κ1) is 18.0. The fourth-order valence-electron chi connectivity index (χ4n) is 3.57. The molecule has 3 aromatic rings. The van der Waals surface area contributed by atoms with Gasteiger partial charge in [0.15, 0.2) is 0 Å². The molecule has 1 aliphatic rings. The van der Waals surface area contributed by atoms with E-state index in [1.54, 1.807) is 6.20 Å². The van der Waals surface area contributed by atoms with Crippen LogP contribution in [0.5, 0.6) is 0 Å². The van der Waals surface area contributed by atoms with Crippen molar-refractivity contribution in [2.75, 3.05) is 18.8 Å². The molecule has 3 heterocycles. The number of benzene rings is 1. The molecule has 0 bridgehead atoms. The van der Waals surface area contributed by atoms with Gasteiger partial charge in [-0.25, -0.2) is 9.97 Å². The van der Waals surface area contributed by atoms with Gasteiger partial charge in [0.2, 0.25) is 5.91 Å². The Bertz CT molecular complexity index is 968. The Morgan fingerprint density at radius 1 is 1.37 bits per heavy atom. The van der Waals surface area contributed by atoms with Crippen LogP contribution < -0.4 is 0 Å². The van der Waals surface area contributed by atoms with Crippen molar-refractivity contribution in [3.63, 3.8) is 0 Å². The average molecular weight is 381 g/mol. The van der Waals surface area contributed by atoms with Gasteiger partial charge < -0.3 is 9.88 Å². The van der Waals surface area contributed by atoms with Crippen LogP contribution in [0.2, 0.25) is 0 Å². The number of aryl methyl sites for hydroxylation is 1. The second-order valence-electron chi connectivity index (χ2n) is 7.34. The molecule has 1 fully saturated rings. The molecule has 4 rings (SSSR count). The predicted octanol–water partition coefficient (Wildman–Crippen LogP) is 4.28. The van der Waals surface area contributed by atoms with E-state index in [0.717, 1.165) is 47.0 Å². The van der Waals surface area contributed by atoms with E-state index >= 15 is 0 Å². The molecule has 0 spiro atoms. The van der Waals surface area contributed by atoms with E-state index in [1.165, 1.54) is 23.7 Å². The maximum atomic E-state index is 12.6. The fraction of sp³-hybridized carbons (Fsp3) is 0.381. The van der Waals surface area contributed by atoms with Crippen molar-refractivity contribution < 1.29 is 4.79 Å². The number of rotatable bonds is 4. The number of fused-ring (bicyclic) bond motifs is 1. The first-order chi connectivity index (χ1) is 13.1. The lowest BCUT2D eigenvalue weighted by atomic mass is 10.0. The lowest BCUT2D eigenvalue weighted by Gasteiger charge is -2.30. The highest BCUT2D eigenvalue weighted by Crippen LogP contribution is 2.30. The summed E-state index contributed by atoms with van der Waals surface area (Å²) in [5, 5.41) is 0.840. The molecule has 1 atom stereocenters. The number of nitrogens with one attached hydrogen (secondary N) is 1. The number of hydrogen-bond donors (Lipinski definition) is 1. The summed E-state index contributed by atoms with van der Waals surface area (Å²) < 4.78 is 0. The number of likely N-dealkylation sites (tertiary alicyclic amines) is 1. The minimum atomic E-state index is 0.198. The van der Waals surface area contributed by atoms with Crippen molar-refractivity contribution in [2.24, 2.45) is 5.92 Å². The maximum absolute atomic E-state index is 12.6. The molecule has 0 aliphatic carbocycles. The lowest BCUT2D eigenvalue weighted by Crippen LogP contribution is -2.40. The van der Waals surface area contributed by atoms with E-state index in [1.807, 2.05) is 23.1 Å². The SMILES string of the molecule is Cc1ccc2nc(-c3cccnc3SCC(=O)N3CCC[C@H](C)C3)[nH]c2c1. The molecule has 5 nitrogen and oxygen atoms in total. The molecule has 1 aliphatic heterocycles. The molecule has 0 unspecified atom stereocenters. The number of thioether (sulfide) groups is 1. The highest BCUT2D eigenvalue weighted by molar-refractivity contribution is 8.00. The highest BCUT2D eigenvalue weighted by atomic mass is 32.2. The Morgan fingerprint density at radius 3 is 3.11 bits per heavy atom. The van der Waals surface area contributed by atoms with E-state index in [4.69, 9.17) is 4.98 Å². The number of imidazole rings is 1. The minimum Gasteiger partial charge on any atom is -0.342 e. The smallest absolute Gasteiger partial charge is 0.232 e. The monoisotopic (exact) mass is 380 g/mol. The van der Waals surface area contributed by atoms with Crippen LogP contribution >= 0.6 is 11.8 Å². The van der Waals surface area contributed by atoms with E-state index in [2.05, 4.69) is 35.9 Å². The standard InChI is InChI=1S/C21H24N4OS/c1-14-7-8-17-18(11-14)24-20(23-17)16-6-3-9-22-21(16)27-13-19(26)25-10-4-5-15(2)12-25/h3,6-9,11,15H,4-5,10,12-13H2,1-2H3,(H,23,24)/t15-/m0/s1. The van der Waals surface area contributed by atoms with Gasteiger partial charge in [0, 0.05) is 24.8 Å². The van der Waals surface area contributed by atoms with Gasteiger partial charge in [0.1, 0.15) is 10.9 Å². The van der Waals surface area contributed by atoms with E-state index in [9.17, 15) is 4.79 Å². The second kappa shape index (κ2) is 7.72. The molecule has 27 heavy (non-hydrogen) atoms. The highest BCUT2D eigenvalue weighted by Gasteiger charge is 2.21. The van der Waals surface area contributed by atoms with Crippen LogP contribution in [0.25, 0.3) is 22.4 Å². The summed E-state index contributed by atoms with van der Waals surface area (Å²) in [5.74, 6) is 2.00. The molecule has 1 aromatic carbocycles. The summed E-state index contributed by atoms with van der Waals surface area (Å²) >= 11 is 1.50. The van der Waals surface area contributed by atoms with E-state index < -0.39 is 0 Å². The number of nitrogens with zero attached hydrogens (tertiary/aromatic N) is 3. The quantitative estimate of drug-likeness (QED) is 0.686. The summed E-state index contributed by atoms with van der Waals surface area (Å²) in [6, 6.07) is 10.1. The molecule has 0 radical (unpaired) electrons. The number of pyridine rings is 1. The van der Waals surface area contributed by atoms with Crippen LogP contribution in [0.15, 0.2) is 41.6 Å². The number of hydrogen-bond acceptors (Lipinski definition) is 4. The van der Waals surface area contributed by atoms with Crippen LogP contribution in [-0.2, 0) is 4.79 Å². The van der Waals surface area contributed by atoms with Gasteiger partial charge in [-0.05, 0) is 55.5 Å². The number of piperidine rings is 1. The van der Waals surface area contributed by atoms with Gasteiger partial charge in [0.05, 0.1) is 16.8 Å². The number of carbonyl (C=O) groups is 1. The Labute approximate surface area is 163 Å². The zero-order valence-corrected chi connectivity index (χ0v) is 16.6. The van der Waals surface area contributed by atoms with Crippen molar-refractivity contribution in [3.05, 3.63) is 42.1 Å². The molecular weight excluding hydrogens is 356 g/mol. The predicted molar refractivity (Wildman–Crippen MR) is 110 cm³/mol. The number of amides is 1. The normalized spacial score (nSPS) is 17.4. The molecule has 1 amide bonds. The first-order valence-electron chi connectivity index (χ1n) is 9.42. The summed E-state index contributed by atoms with van der Waals surface area (Å²) in [6.07, 6.45) is 4.09. The van der Waals surface area contributed by atoms with E-state index in [-0.39, 0.29) is 5.91 Å².